The number of aryl methyl sites for hydroxylation is 1. The molecule has 1 aromatic heterocycles. The van der Waals surface area contributed by atoms with Gasteiger partial charge in [0.2, 0.25) is 17.8 Å². The topological polar surface area (TPSA) is 115 Å². The van der Waals surface area contributed by atoms with E-state index in [4.69, 9.17) is 10.2 Å². The number of anilines is 4. The van der Waals surface area contributed by atoms with Gasteiger partial charge in [-0.2, -0.15) is 15.0 Å². The lowest BCUT2D eigenvalue weighted by molar-refractivity contribution is 0.310. The number of rotatable bonds is 15. The van der Waals surface area contributed by atoms with Crippen molar-refractivity contribution >= 4 is 23.5 Å². The molecule has 1 heterocycles. The summed E-state index contributed by atoms with van der Waals surface area (Å²) in [6.45, 7) is 2.89. The molecular weight excluding hydrogens is 368 g/mol. The smallest absolute Gasteiger partial charge is 0.233 e. The van der Waals surface area contributed by atoms with Gasteiger partial charge < -0.3 is 26.2 Å². The highest BCUT2D eigenvalue weighted by Crippen LogP contribution is 2.18. The summed E-state index contributed by atoms with van der Waals surface area (Å²) in [6, 6.07) is 8.31. The highest BCUT2D eigenvalue weighted by molar-refractivity contribution is 5.56. The Bertz CT molecular complexity index is 670. The lowest BCUT2D eigenvalue weighted by Gasteiger charge is -2.11. The Balaban J connectivity index is 1.92. The quantitative estimate of drug-likeness (QED) is 0.288. The third kappa shape index (κ3) is 9.06. The van der Waals surface area contributed by atoms with Gasteiger partial charge in [-0.05, 0) is 30.5 Å². The summed E-state index contributed by atoms with van der Waals surface area (Å²) in [5, 5.41) is 27.0. The van der Waals surface area contributed by atoms with Gasteiger partial charge >= 0.3 is 0 Å². The molecule has 29 heavy (non-hydrogen) atoms. The van der Waals surface area contributed by atoms with E-state index in [2.05, 4.69) is 50.0 Å². The highest BCUT2D eigenvalue weighted by Gasteiger charge is 2.07. The average molecular weight is 403 g/mol. The Kier molecular flexibility index (Phi) is 10.8. The molecule has 2 aromatic rings. The molecule has 0 atom stereocenters. The SMILES string of the molecule is CCCCCCCCc1ccc(Nc2nc(NCCO)nc(NCCO)n2)cc1. The normalized spacial score (nSPS) is 10.7. The molecule has 0 fully saturated rings. The van der Waals surface area contributed by atoms with E-state index in [1.165, 1.54) is 44.1 Å². The number of aliphatic hydroxyl groups excluding tert-OH is 2. The van der Waals surface area contributed by atoms with Crippen LogP contribution >= 0.6 is 0 Å². The first-order chi connectivity index (χ1) is 14.2. The zero-order valence-electron chi connectivity index (χ0n) is 17.3. The summed E-state index contributed by atoms with van der Waals surface area (Å²) >= 11 is 0. The standard InChI is InChI=1S/C21H34N6O2/c1-2-3-4-5-6-7-8-17-9-11-18(12-10-17)24-21-26-19(22-13-15-28)25-20(27-21)23-14-16-29/h9-12,28-29H,2-8,13-16H2,1H3,(H3,22,23,24,25,26,27). The molecule has 8 heteroatoms. The molecule has 0 amide bonds. The molecule has 5 N–H and O–H groups in total. The number of nitrogens with zero attached hydrogens (tertiary/aromatic N) is 3. The molecule has 0 saturated heterocycles. The molecule has 0 saturated carbocycles. The number of aromatic nitrogens is 3. The molecule has 0 aliphatic heterocycles. The van der Waals surface area contributed by atoms with E-state index in [0.29, 0.717) is 30.9 Å². The molecule has 0 unspecified atom stereocenters. The molecular formula is C21H34N6O2. The van der Waals surface area contributed by atoms with E-state index in [1.54, 1.807) is 0 Å². The van der Waals surface area contributed by atoms with Gasteiger partial charge in [0.25, 0.3) is 0 Å². The zero-order valence-corrected chi connectivity index (χ0v) is 17.3. The first-order valence-electron chi connectivity index (χ1n) is 10.6. The summed E-state index contributed by atoms with van der Waals surface area (Å²) in [5.74, 6) is 1.11. The molecule has 0 aliphatic carbocycles. The lowest BCUT2D eigenvalue weighted by Crippen LogP contribution is -2.14. The monoisotopic (exact) mass is 402 g/mol. The predicted octanol–water partition coefficient (Wildman–Crippen LogP) is 3.33. The van der Waals surface area contributed by atoms with E-state index >= 15 is 0 Å². The molecule has 0 spiro atoms. The number of unbranched alkanes of at least 4 members (excludes halogenated alkanes) is 5. The summed E-state index contributed by atoms with van der Waals surface area (Å²) < 4.78 is 0. The number of hydrogen-bond acceptors (Lipinski definition) is 8. The van der Waals surface area contributed by atoms with Crippen molar-refractivity contribution in [2.45, 2.75) is 51.9 Å². The summed E-state index contributed by atoms with van der Waals surface area (Å²) in [4.78, 5) is 12.9. The Morgan fingerprint density at radius 3 is 1.86 bits per heavy atom. The summed E-state index contributed by atoms with van der Waals surface area (Å²) in [6.07, 6.45) is 8.91. The van der Waals surface area contributed by atoms with E-state index in [0.717, 1.165) is 12.1 Å². The fourth-order valence-electron chi connectivity index (χ4n) is 2.92. The van der Waals surface area contributed by atoms with Crippen LogP contribution in [0.25, 0.3) is 0 Å². The predicted molar refractivity (Wildman–Crippen MR) is 118 cm³/mol. The number of aliphatic hydroxyl groups is 2. The van der Waals surface area contributed by atoms with Crippen LogP contribution in [0.15, 0.2) is 24.3 Å². The number of nitrogens with one attached hydrogen (secondary N) is 3. The Labute approximate surface area is 173 Å². The van der Waals surface area contributed by atoms with Gasteiger partial charge in [-0.25, -0.2) is 0 Å². The van der Waals surface area contributed by atoms with Crippen LogP contribution in [0.5, 0.6) is 0 Å². The maximum absolute atomic E-state index is 8.99. The summed E-state index contributed by atoms with van der Waals surface area (Å²) in [7, 11) is 0. The van der Waals surface area contributed by atoms with Crippen LogP contribution < -0.4 is 16.0 Å². The Morgan fingerprint density at radius 2 is 1.28 bits per heavy atom. The van der Waals surface area contributed by atoms with Crippen molar-refractivity contribution in [3.05, 3.63) is 29.8 Å². The van der Waals surface area contributed by atoms with Gasteiger partial charge in [-0.15, -0.1) is 0 Å². The third-order valence-corrected chi connectivity index (χ3v) is 4.45. The molecule has 0 radical (unpaired) electrons. The Morgan fingerprint density at radius 1 is 0.724 bits per heavy atom. The van der Waals surface area contributed by atoms with Gasteiger partial charge in [0, 0.05) is 18.8 Å². The average Bonchev–Trinajstić information content (AvgIpc) is 2.74. The van der Waals surface area contributed by atoms with E-state index < -0.39 is 0 Å². The van der Waals surface area contributed by atoms with Crippen LogP contribution in [0.2, 0.25) is 0 Å². The lowest BCUT2D eigenvalue weighted by atomic mass is 10.0. The minimum absolute atomic E-state index is 0.0199. The van der Waals surface area contributed by atoms with E-state index in [9.17, 15) is 0 Å². The van der Waals surface area contributed by atoms with Crippen LogP contribution in [0.1, 0.15) is 51.0 Å². The minimum atomic E-state index is -0.0199. The second-order valence-corrected chi connectivity index (χ2v) is 6.95. The highest BCUT2D eigenvalue weighted by atomic mass is 16.3. The second-order valence-electron chi connectivity index (χ2n) is 6.95. The maximum atomic E-state index is 8.99. The van der Waals surface area contributed by atoms with Gasteiger partial charge in [0.15, 0.2) is 0 Å². The fraction of sp³-hybridized carbons (Fsp3) is 0.571. The molecule has 160 valence electrons. The molecule has 2 rings (SSSR count). The van der Waals surface area contributed by atoms with Crippen molar-refractivity contribution in [2.24, 2.45) is 0 Å². The molecule has 0 aliphatic rings. The van der Waals surface area contributed by atoms with Crippen LogP contribution in [-0.2, 0) is 6.42 Å². The van der Waals surface area contributed by atoms with Crippen LogP contribution in [0.4, 0.5) is 23.5 Å². The van der Waals surface area contributed by atoms with Crippen molar-refractivity contribution in [2.75, 3.05) is 42.3 Å². The van der Waals surface area contributed by atoms with Crippen molar-refractivity contribution in [1.82, 2.24) is 15.0 Å². The first-order valence-corrected chi connectivity index (χ1v) is 10.6. The summed E-state index contributed by atoms with van der Waals surface area (Å²) in [5.41, 5.74) is 2.22. The van der Waals surface area contributed by atoms with Crippen molar-refractivity contribution < 1.29 is 10.2 Å². The van der Waals surface area contributed by atoms with Crippen molar-refractivity contribution in [1.29, 1.82) is 0 Å². The third-order valence-electron chi connectivity index (χ3n) is 4.45. The van der Waals surface area contributed by atoms with Gasteiger partial charge in [-0.1, -0.05) is 51.2 Å². The zero-order chi connectivity index (χ0) is 20.7. The minimum Gasteiger partial charge on any atom is -0.395 e. The van der Waals surface area contributed by atoms with Gasteiger partial charge in [-0.3, -0.25) is 0 Å². The largest absolute Gasteiger partial charge is 0.395 e. The van der Waals surface area contributed by atoms with E-state index in [1.807, 2.05) is 12.1 Å². The fourth-order valence-corrected chi connectivity index (χ4v) is 2.92. The maximum Gasteiger partial charge on any atom is 0.233 e. The number of benzene rings is 1. The number of hydrogen-bond donors (Lipinski definition) is 5. The van der Waals surface area contributed by atoms with Crippen LogP contribution in [0, 0.1) is 0 Å². The second kappa shape index (κ2) is 13.7. The van der Waals surface area contributed by atoms with Crippen molar-refractivity contribution in [3.63, 3.8) is 0 Å². The molecule has 1 aromatic carbocycles. The molecule has 0 bridgehead atoms. The first kappa shape index (κ1) is 22.8. The van der Waals surface area contributed by atoms with Crippen LogP contribution in [0.3, 0.4) is 0 Å². The van der Waals surface area contributed by atoms with Crippen molar-refractivity contribution in [3.8, 4) is 0 Å². The van der Waals surface area contributed by atoms with Gasteiger partial charge in [0.05, 0.1) is 13.2 Å². The van der Waals surface area contributed by atoms with Gasteiger partial charge in [0.1, 0.15) is 0 Å². The van der Waals surface area contributed by atoms with E-state index in [-0.39, 0.29) is 13.2 Å². The van der Waals surface area contributed by atoms with Crippen LogP contribution in [-0.4, -0.2) is 51.5 Å². The molecule has 8 nitrogen and oxygen atoms in total. The Hall–Kier alpha value is -2.45.